The Bertz CT molecular complexity index is 435. The van der Waals surface area contributed by atoms with Crippen LogP contribution in [0.5, 0.6) is 0 Å². The fraction of sp³-hybridized carbons (Fsp3) is 0.429. The smallest absolute Gasteiger partial charge is 0.251 e. The second-order valence-corrected chi connectivity index (χ2v) is 4.45. The Balaban J connectivity index is 2.27. The molecule has 0 aromatic heterocycles. The molecule has 0 radical (unpaired) electrons. The highest BCUT2D eigenvalue weighted by molar-refractivity contribution is 6.17. The van der Waals surface area contributed by atoms with Crippen LogP contribution in [0.25, 0.3) is 0 Å². The number of carbonyl (C=O) groups is 2. The maximum absolute atomic E-state index is 11.8. The van der Waals surface area contributed by atoms with Crippen LogP contribution in [0.3, 0.4) is 0 Å². The quantitative estimate of drug-likeness (QED) is 0.562. The summed E-state index contributed by atoms with van der Waals surface area (Å²) in [7, 11) is 1.57. The minimum absolute atomic E-state index is 0.111. The first-order chi connectivity index (χ1) is 9.67. The molecule has 0 fully saturated rings. The van der Waals surface area contributed by atoms with Crippen LogP contribution in [0, 0.1) is 0 Å². The Morgan fingerprint density at radius 1 is 1.15 bits per heavy atom. The maximum Gasteiger partial charge on any atom is 0.251 e. The fourth-order valence-corrected chi connectivity index (χ4v) is 1.70. The molecule has 0 aliphatic carbocycles. The highest BCUT2D eigenvalue weighted by Crippen LogP contribution is 2.06. The van der Waals surface area contributed by atoms with Gasteiger partial charge >= 0.3 is 0 Å². The van der Waals surface area contributed by atoms with Crippen LogP contribution in [0.15, 0.2) is 24.3 Å². The van der Waals surface area contributed by atoms with Gasteiger partial charge in [0.25, 0.3) is 5.91 Å². The van der Waals surface area contributed by atoms with E-state index < -0.39 is 0 Å². The molecule has 1 rings (SSSR count). The molecule has 0 atom stereocenters. The Morgan fingerprint density at radius 2 is 1.85 bits per heavy atom. The Kier molecular flexibility index (Phi) is 7.69. The van der Waals surface area contributed by atoms with Crippen molar-refractivity contribution in [3.63, 3.8) is 0 Å². The highest BCUT2D eigenvalue weighted by atomic mass is 35.5. The monoisotopic (exact) mass is 298 g/mol. The second-order valence-electron chi connectivity index (χ2n) is 4.18. The van der Waals surface area contributed by atoms with Gasteiger partial charge in [-0.3, -0.25) is 9.59 Å². The Labute approximate surface area is 123 Å². The van der Waals surface area contributed by atoms with E-state index in [2.05, 4.69) is 10.6 Å². The van der Waals surface area contributed by atoms with E-state index in [1.807, 2.05) is 0 Å². The third kappa shape index (κ3) is 6.04. The molecule has 6 heteroatoms. The van der Waals surface area contributed by atoms with Crippen LogP contribution in [0.4, 0.5) is 0 Å². The minimum atomic E-state index is -0.198. The van der Waals surface area contributed by atoms with Gasteiger partial charge in [-0.05, 0) is 17.7 Å². The summed E-state index contributed by atoms with van der Waals surface area (Å²) in [5.74, 6) is 0.111. The Hall–Kier alpha value is -1.59. The number of ether oxygens (including phenoxy) is 1. The lowest BCUT2D eigenvalue weighted by molar-refractivity contribution is -0.121. The van der Waals surface area contributed by atoms with Gasteiger partial charge in [0.2, 0.25) is 5.91 Å². The van der Waals surface area contributed by atoms with E-state index in [0.717, 1.165) is 5.56 Å². The highest BCUT2D eigenvalue weighted by Gasteiger charge is 2.06. The number of benzene rings is 1. The number of nitrogens with one attached hydrogen (secondary N) is 2. The van der Waals surface area contributed by atoms with Crippen molar-refractivity contribution in [3.8, 4) is 0 Å². The predicted molar refractivity (Wildman–Crippen MR) is 77.8 cm³/mol. The van der Waals surface area contributed by atoms with Gasteiger partial charge in [-0.2, -0.15) is 0 Å². The number of hydrogen-bond donors (Lipinski definition) is 2. The number of carbonyl (C=O) groups excluding carboxylic acids is 2. The van der Waals surface area contributed by atoms with Gasteiger partial charge in [-0.1, -0.05) is 12.1 Å². The Morgan fingerprint density at radius 3 is 2.45 bits per heavy atom. The van der Waals surface area contributed by atoms with Gasteiger partial charge in [-0.25, -0.2) is 0 Å². The number of alkyl halides is 1. The van der Waals surface area contributed by atoms with E-state index in [0.29, 0.717) is 31.1 Å². The van der Waals surface area contributed by atoms with Crippen LogP contribution < -0.4 is 10.6 Å². The first-order valence-corrected chi connectivity index (χ1v) is 6.89. The first-order valence-electron chi connectivity index (χ1n) is 6.36. The van der Waals surface area contributed by atoms with E-state index >= 15 is 0 Å². The summed E-state index contributed by atoms with van der Waals surface area (Å²) in [6, 6.07) is 7.04. The summed E-state index contributed by atoms with van der Waals surface area (Å²) in [6.07, 6.45) is 0.245. The van der Waals surface area contributed by atoms with Crippen LogP contribution in [0.1, 0.15) is 22.3 Å². The normalized spacial score (nSPS) is 10.1. The molecule has 0 bridgehead atoms. The molecule has 20 heavy (non-hydrogen) atoms. The molecule has 0 aliphatic rings. The van der Waals surface area contributed by atoms with E-state index in [1.54, 1.807) is 31.4 Å². The second kappa shape index (κ2) is 9.34. The van der Waals surface area contributed by atoms with Crippen LogP contribution in [-0.4, -0.2) is 38.6 Å². The van der Waals surface area contributed by atoms with E-state index in [1.165, 1.54) is 0 Å². The van der Waals surface area contributed by atoms with Gasteiger partial charge < -0.3 is 15.4 Å². The van der Waals surface area contributed by atoms with Crippen LogP contribution >= 0.6 is 11.6 Å². The number of hydrogen-bond acceptors (Lipinski definition) is 3. The largest absolute Gasteiger partial charge is 0.383 e. The SMILES string of the molecule is COCCNC(=O)CCNC(=O)c1ccc(CCl)cc1. The topological polar surface area (TPSA) is 67.4 Å². The van der Waals surface area contributed by atoms with Crippen molar-refractivity contribution in [1.29, 1.82) is 0 Å². The average molecular weight is 299 g/mol. The lowest BCUT2D eigenvalue weighted by Gasteiger charge is -2.06. The van der Waals surface area contributed by atoms with Crippen molar-refractivity contribution in [2.75, 3.05) is 26.8 Å². The number of rotatable bonds is 8. The van der Waals surface area contributed by atoms with Gasteiger partial charge in [-0.15, -0.1) is 11.6 Å². The zero-order valence-corrected chi connectivity index (χ0v) is 12.2. The van der Waals surface area contributed by atoms with Crippen molar-refractivity contribution in [3.05, 3.63) is 35.4 Å². The molecule has 5 nitrogen and oxygen atoms in total. The summed E-state index contributed by atoms with van der Waals surface area (Å²) < 4.78 is 4.82. The number of halogens is 1. The average Bonchev–Trinajstić information content (AvgIpc) is 2.47. The lowest BCUT2D eigenvalue weighted by atomic mass is 10.1. The number of methoxy groups -OCH3 is 1. The van der Waals surface area contributed by atoms with Gasteiger partial charge in [0.1, 0.15) is 0 Å². The van der Waals surface area contributed by atoms with Crippen molar-refractivity contribution >= 4 is 23.4 Å². The zero-order valence-electron chi connectivity index (χ0n) is 11.4. The van der Waals surface area contributed by atoms with E-state index in [9.17, 15) is 9.59 Å². The summed E-state index contributed by atoms with van der Waals surface area (Å²) in [4.78, 5) is 23.2. The van der Waals surface area contributed by atoms with Gasteiger partial charge in [0.15, 0.2) is 0 Å². The molecule has 0 saturated heterocycles. The molecule has 0 aliphatic heterocycles. The number of amides is 2. The molecule has 0 unspecified atom stereocenters. The molecule has 0 saturated carbocycles. The van der Waals surface area contributed by atoms with E-state index in [-0.39, 0.29) is 18.2 Å². The third-order valence-electron chi connectivity index (χ3n) is 2.64. The molecule has 1 aromatic carbocycles. The standard InChI is InChI=1S/C14H19ClN2O3/c1-20-9-8-16-13(18)6-7-17-14(19)12-4-2-11(10-15)3-5-12/h2-5H,6-10H2,1H3,(H,16,18)(H,17,19). The molecular weight excluding hydrogens is 280 g/mol. The summed E-state index contributed by atoms with van der Waals surface area (Å²) in [6.45, 7) is 1.25. The van der Waals surface area contributed by atoms with Gasteiger partial charge in [0, 0.05) is 38.1 Å². The fourth-order valence-electron chi connectivity index (χ4n) is 1.52. The molecular formula is C14H19ClN2O3. The molecule has 0 heterocycles. The van der Waals surface area contributed by atoms with Crippen molar-refractivity contribution in [2.24, 2.45) is 0 Å². The molecule has 1 aromatic rings. The molecule has 0 spiro atoms. The van der Waals surface area contributed by atoms with Crippen LogP contribution in [0.2, 0.25) is 0 Å². The van der Waals surface area contributed by atoms with Crippen molar-refractivity contribution in [2.45, 2.75) is 12.3 Å². The van der Waals surface area contributed by atoms with Crippen molar-refractivity contribution < 1.29 is 14.3 Å². The molecule has 110 valence electrons. The lowest BCUT2D eigenvalue weighted by Crippen LogP contribution is -2.32. The molecule has 2 N–H and O–H groups in total. The minimum Gasteiger partial charge on any atom is -0.383 e. The maximum atomic E-state index is 11.8. The van der Waals surface area contributed by atoms with Crippen molar-refractivity contribution in [1.82, 2.24) is 10.6 Å². The molecule has 2 amide bonds. The predicted octanol–water partition coefficient (Wildman–Crippen LogP) is 1.31. The van der Waals surface area contributed by atoms with E-state index in [4.69, 9.17) is 16.3 Å². The summed E-state index contributed by atoms with van der Waals surface area (Å²) in [5, 5.41) is 5.38. The van der Waals surface area contributed by atoms with Crippen LogP contribution in [-0.2, 0) is 15.4 Å². The first kappa shape index (κ1) is 16.5. The van der Waals surface area contributed by atoms with Gasteiger partial charge in [0.05, 0.1) is 6.61 Å². The third-order valence-corrected chi connectivity index (χ3v) is 2.95. The summed E-state index contributed by atoms with van der Waals surface area (Å²) in [5.41, 5.74) is 1.51. The summed E-state index contributed by atoms with van der Waals surface area (Å²) >= 11 is 5.68. The zero-order chi connectivity index (χ0) is 14.8.